The molecule has 1 heteroatoms. The van der Waals surface area contributed by atoms with Crippen LogP contribution in [0.1, 0.15) is 45.4 Å². The number of unbranched alkanes of at least 4 members (excludes halogenated alkanes) is 1. The van der Waals surface area contributed by atoms with E-state index in [0.717, 1.165) is 12.8 Å². The molecule has 0 amide bonds. The average Bonchev–Trinajstić information content (AvgIpc) is 2.15. The number of ketones is 1. The van der Waals surface area contributed by atoms with Crippen molar-refractivity contribution in [3.05, 3.63) is 12.7 Å². The molecule has 1 fully saturated rings. The van der Waals surface area contributed by atoms with Gasteiger partial charge in [0.05, 0.1) is 0 Å². The van der Waals surface area contributed by atoms with Crippen LogP contribution >= 0.6 is 0 Å². The van der Waals surface area contributed by atoms with Gasteiger partial charge in [-0.3, -0.25) is 4.79 Å². The van der Waals surface area contributed by atoms with Crippen LogP contribution in [0.15, 0.2) is 12.7 Å². The Morgan fingerprint density at radius 3 is 3.00 bits per heavy atom. The topological polar surface area (TPSA) is 17.1 Å². The van der Waals surface area contributed by atoms with Crippen molar-refractivity contribution in [1.82, 2.24) is 0 Å². The minimum absolute atomic E-state index is 0.167. The maximum absolute atomic E-state index is 11.5. The van der Waals surface area contributed by atoms with Gasteiger partial charge in [-0.2, -0.15) is 0 Å². The van der Waals surface area contributed by atoms with Crippen molar-refractivity contribution < 1.29 is 4.79 Å². The van der Waals surface area contributed by atoms with Crippen LogP contribution in [0.5, 0.6) is 0 Å². The summed E-state index contributed by atoms with van der Waals surface area (Å²) in [6.07, 6.45) is 8.65. The molecular weight excluding hydrogens is 160 g/mol. The lowest BCUT2D eigenvalue weighted by atomic mass is 9.76. The highest BCUT2D eigenvalue weighted by Gasteiger charge is 2.28. The summed E-state index contributed by atoms with van der Waals surface area (Å²) in [7, 11) is 0. The molecule has 2 atom stereocenters. The third-order valence-electron chi connectivity index (χ3n) is 3.06. The van der Waals surface area contributed by atoms with Crippen molar-refractivity contribution in [1.29, 1.82) is 0 Å². The van der Waals surface area contributed by atoms with Gasteiger partial charge in [-0.1, -0.05) is 25.8 Å². The molecule has 0 aliphatic heterocycles. The number of hydrogen-bond acceptors (Lipinski definition) is 1. The molecule has 13 heavy (non-hydrogen) atoms. The van der Waals surface area contributed by atoms with Crippen LogP contribution in [-0.2, 0) is 4.79 Å². The van der Waals surface area contributed by atoms with Crippen LogP contribution in [0.2, 0.25) is 0 Å². The van der Waals surface area contributed by atoms with E-state index in [4.69, 9.17) is 0 Å². The quantitative estimate of drug-likeness (QED) is 0.606. The van der Waals surface area contributed by atoms with Gasteiger partial charge in [0, 0.05) is 12.3 Å². The fraction of sp³-hybridized carbons (Fsp3) is 0.750. The molecule has 0 saturated heterocycles. The van der Waals surface area contributed by atoms with E-state index < -0.39 is 0 Å². The summed E-state index contributed by atoms with van der Waals surface area (Å²) in [4.78, 5) is 11.5. The van der Waals surface area contributed by atoms with Gasteiger partial charge in [0.2, 0.25) is 0 Å². The van der Waals surface area contributed by atoms with E-state index in [-0.39, 0.29) is 5.92 Å². The molecule has 0 heterocycles. The van der Waals surface area contributed by atoms with E-state index in [1.807, 2.05) is 6.08 Å². The van der Waals surface area contributed by atoms with Gasteiger partial charge in [0.15, 0.2) is 0 Å². The van der Waals surface area contributed by atoms with Gasteiger partial charge in [-0.05, 0) is 25.2 Å². The van der Waals surface area contributed by atoms with E-state index in [1.165, 1.54) is 25.7 Å². The predicted octanol–water partition coefficient (Wildman–Crippen LogP) is 3.35. The zero-order valence-electron chi connectivity index (χ0n) is 8.59. The summed E-state index contributed by atoms with van der Waals surface area (Å²) in [6.45, 7) is 5.97. The average molecular weight is 180 g/mol. The number of rotatable bonds is 4. The molecule has 0 aromatic heterocycles. The minimum atomic E-state index is 0.167. The van der Waals surface area contributed by atoms with E-state index in [1.54, 1.807) is 0 Å². The Hall–Kier alpha value is -0.590. The van der Waals surface area contributed by atoms with Crippen molar-refractivity contribution in [2.45, 2.75) is 45.4 Å². The fourth-order valence-corrected chi connectivity index (χ4v) is 2.26. The Labute approximate surface area is 81.2 Å². The first kappa shape index (κ1) is 10.5. The molecule has 1 aliphatic carbocycles. The van der Waals surface area contributed by atoms with Crippen molar-refractivity contribution in [2.24, 2.45) is 11.8 Å². The smallest absolute Gasteiger partial charge is 0.139 e. The highest BCUT2D eigenvalue weighted by atomic mass is 16.1. The molecule has 0 N–H and O–H groups in total. The van der Waals surface area contributed by atoms with Crippen molar-refractivity contribution >= 4 is 5.78 Å². The Morgan fingerprint density at radius 2 is 2.38 bits per heavy atom. The van der Waals surface area contributed by atoms with Crippen LogP contribution in [-0.4, -0.2) is 5.78 Å². The van der Waals surface area contributed by atoms with E-state index >= 15 is 0 Å². The number of carbonyl (C=O) groups is 1. The van der Waals surface area contributed by atoms with Gasteiger partial charge in [0.25, 0.3) is 0 Å². The Balaban J connectivity index is 2.49. The molecular formula is C12H20O. The molecule has 1 saturated carbocycles. The second-order valence-electron chi connectivity index (χ2n) is 4.02. The van der Waals surface area contributed by atoms with Crippen LogP contribution < -0.4 is 0 Å². The van der Waals surface area contributed by atoms with Gasteiger partial charge < -0.3 is 0 Å². The Bertz CT molecular complexity index is 184. The summed E-state index contributed by atoms with van der Waals surface area (Å²) >= 11 is 0. The zero-order valence-corrected chi connectivity index (χ0v) is 8.59. The summed E-state index contributed by atoms with van der Waals surface area (Å²) in [6, 6.07) is 0. The second kappa shape index (κ2) is 5.21. The van der Waals surface area contributed by atoms with E-state index in [0.29, 0.717) is 11.7 Å². The van der Waals surface area contributed by atoms with Gasteiger partial charge in [-0.15, -0.1) is 6.58 Å². The number of allylic oxidation sites excluding steroid dienone is 1. The lowest BCUT2D eigenvalue weighted by Crippen LogP contribution is -2.26. The molecule has 74 valence electrons. The van der Waals surface area contributed by atoms with Crippen LogP contribution in [0, 0.1) is 11.8 Å². The third-order valence-corrected chi connectivity index (χ3v) is 3.06. The normalized spacial score (nSPS) is 28.8. The Morgan fingerprint density at radius 1 is 1.62 bits per heavy atom. The van der Waals surface area contributed by atoms with Gasteiger partial charge in [-0.25, -0.2) is 0 Å². The first-order valence-corrected chi connectivity index (χ1v) is 5.44. The molecule has 0 bridgehead atoms. The fourth-order valence-electron chi connectivity index (χ4n) is 2.26. The summed E-state index contributed by atoms with van der Waals surface area (Å²) in [5.41, 5.74) is 0. The van der Waals surface area contributed by atoms with Crippen molar-refractivity contribution in [3.63, 3.8) is 0 Å². The van der Waals surface area contributed by atoms with Crippen LogP contribution in [0.3, 0.4) is 0 Å². The molecule has 0 aromatic rings. The standard InChI is InChI=1S/C12H20O/c1-3-5-7-10-8-6-9-12(13)11(10)4-2/h4,10-11H,2-3,5-9H2,1H3/t10-,11+/m1/s1. The maximum Gasteiger partial charge on any atom is 0.139 e. The van der Waals surface area contributed by atoms with Crippen LogP contribution in [0.25, 0.3) is 0 Å². The zero-order chi connectivity index (χ0) is 9.68. The monoisotopic (exact) mass is 180 g/mol. The number of Topliss-reactive ketones (excluding diaryl/α,β-unsaturated/α-hetero) is 1. The molecule has 1 nitrogen and oxygen atoms in total. The van der Waals surface area contributed by atoms with Crippen LogP contribution in [0.4, 0.5) is 0 Å². The SMILES string of the molecule is C=C[C@@H]1C(=O)CCC[C@H]1CCCC. The summed E-state index contributed by atoms with van der Waals surface area (Å²) in [5.74, 6) is 1.18. The van der Waals surface area contributed by atoms with Crippen molar-refractivity contribution in [3.8, 4) is 0 Å². The predicted molar refractivity (Wildman–Crippen MR) is 55.6 cm³/mol. The number of carbonyl (C=O) groups excluding carboxylic acids is 1. The van der Waals surface area contributed by atoms with E-state index in [2.05, 4.69) is 13.5 Å². The molecule has 0 aromatic carbocycles. The summed E-state index contributed by atoms with van der Waals surface area (Å²) < 4.78 is 0. The molecule has 0 unspecified atom stereocenters. The Kier molecular flexibility index (Phi) is 4.20. The molecule has 0 radical (unpaired) electrons. The van der Waals surface area contributed by atoms with Crippen molar-refractivity contribution in [2.75, 3.05) is 0 Å². The first-order chi connectivity index (χ1) is 6.29. The minimum Gasteiger partial charge on any atom is -0.299 e. The highest BCUT2D eigenvalue weighted by molar-refractivity contribution is 5.83. The summed E-state index contributed by atoms with van der Waals surface area (Å²) in [5, 5.41) is 0. The first-order valence-electron chi connectivity index (χ1n) is 5.44. The lowest BCUT2D eigenvalue weighted by molar-refractivity contribution is -0.124. The van der Waals surface area contributed by atoms with Gasteiger partial charge >= 0.3 is 0 Å². The number of hydrogen-bond donors (Lipinski definition) is 0. The molecule has 1 aliphatic rings. The lowest BCUT2D eigenvalue weighted by Gasteiger charge is -2.27. The third kappa shape index (κ3) is 2.68. The largest absolute Gasteiger partial charge is 0.299 e. The second-order valence-corrected chi connectivity index (χ2v) is 4.02. The maximum atomic E-state index is 11.5. The highest BCUT2D eigenvalue weighted by Crippen LogP contribution is 2.31. The van der Waals surface area contributed by atoms with E-state index in [9.17, 15) is 4.79 Å². The van der Waals surface area contributed by atoms with Gasteiger partial charge in [0.1, 0.15) is 5.78 Å². The molecule has 1 rings (SSSR count). The molecule has 0 spiro atoms.